The molecule has 1 spiro atoms. The Morgan fingerprint density at radius 3 is 2.65 bits per heavy atom. The highest BCUT2D eigenvalue weighted by Gasteiger charge is 2.59. The minimum Gasteiger partial charge on any atom is -0.403 e. The van der Waals surface area contributed by atoms with Gasteiger partial charge in [0.05, 0.1) is 0 Å². The summed E-state index contributed by atoms with van der Waals surface area (Å²) in [4.78, 5) is 14.2. The van der Waals surface area contributed by atoms with Crippen LogP contribution in [0.3, 0.4) is 0 Å². The zero-order chi connectivity index (χ0) is 18.3. The van der Waals surface area contributed by atoms with E-state index in [2.05, 4.69) is 15.5 Å². The minimum absolute atomic E-state index is 0.113. The lowest BCUT2D eigenvalue weighted by molar-refractivity contribution is -0.131. The zero-order valence-electron chi connectivity index (χ0n) is 14.4. The number of hydrogen-bond donors (Lipinski definition) is 1. The molecule has 1 saturated heterocycles. The largest absolute Gasteiger partial charge is 0.403 e. The second kappa shape index (κ2) is 6.34. The van der Waals surface area contributed by atoms with Gasteiger partial charge in [0.1, 0.15) is 6.04 Å². The Labute approximate surface area is 149 Å². The van der Waals surface area contributed by atoms with Crippen molar-refractivity contribution in [3.05, 3.63) is 30.3 Å². The average molecular weight is 362 g/mol. The highest BCUT2D eigenvalue weighted by molar-refractivity contribution is 5.84. The van der Waals surface area contributed by atoms with E-state index in [9.17, 15) is 13.6 Å². The molecule has 6 nitrogen and oxygen atoms in total. The number of nitrogens with one attached hydrogen (secondary N) is 1. The molecule has 2 atom stereocenters. The Hall–Kier alpha value is -2.51. The molecule has 2 aliphatic rings. The van der Waals surface area contributed by atoms with Crippen molar-refractivity contribution in [2.45, 2.75) is 32.2 Å². The van der Waals surface area contributed by atoms with E-state index in [0.29, 0.717) is 12.4 Å². The van der Waals surface area contributed by atoms with Crippen molar-refractivity contribution >= 4 is 11.9 Å². The number of alkyl halides is 2. The third kappa shape index (κ3) is 3.04. The lowest BCUT2D eigenvalue weighted by atomic mass is 9.93. The van der Waals surface area contributed by atoms with Crippen LogP contribution in [0.5, 0.6) is 0 Å². The second-order valence-electron chi connectivity index (χ2n) is 7.17. The van der Waals surface area contributed by atoms with Gasteiger partial charge >= 0.3 is 6.01 Å². The molecule has 0 unspecified atom stereocenters. The van der Waals surface area contributed by atoms with Gasteiger partial charge in [-0.1, -0.05) is 23.3 Å². The predicted molar refractivity (Wildman–Crippen MR) is 90.6 cm³/mol. The van der Waals surface area contributed by atoms with Crippen molar-refractivity contribution in [3.8, 4) is 11.5 Å². The van der Waals surface area contributed by atoms with E-state index >= 15 is 0 Å². The van der Waals surface area contributed by atoms with Gasteiger partial charge in [0.25, 0.3) is 0 Å². The van der Waals surface area contributed by atoms with Crippen molar-refractivity contribution in [1.29, 1.82) is 0 Å². The molecule has 2 fully saturated rings. The van der Waals surface area contributed by atoms with Crippen molar-refractivity contribution in [1.82, 2.24) is 15.1 Å². The molecule has 1 aliphatic heterocycles. The first kappa shape index (κ1) is 16.9. The maximum atomic E-state index is 13.2. The van der Waals surface area contributed by atoms with Crippen LogP contribution in [0.4, 0.5) is 14.8 Å². The molecular weight excluding hydrogens is 342 g/mol. The maximum absolute atomic E-state index is 13.2. The molecule has 4 rings (SSSR count). The van der Waals surface area contributed by atoms with Crippen LogP contribution in [0.2, 0.25) is 0 Å². The van der Waals surface area contributed by atoms with E-state index in [0.717, 1.165) is 18.4 Å². The minimum atomic E-state index is -2.39. The van der Waals surface area contributed by atoms with Gasteiger partial charge in [0.15, 0.2) is 0 Å². The van der Waals surface area contributed by atoms with Gasteiger partial charge in [-0.3, -0.25) is 4.79 Å². The standard InChI is InChI=1S/C18H20F2N4O2/c1-11(16(25)24-9-13(14(19)20)18(10-24)7-8-18)21-17-23-22-15(26-17)12-5-3-2-4-6-12/h2-6,11,13-14H,7-10H2,1H3,(H,21,23)/t11-,13-/m0/s1. The van der Waals surface area contributed by atoms with Crippen molar-refractivity contribution in [3.63, 3.8) is 0 Å². The molecule has 1 aromatic carbocycles. The fourth-order valence-electron chi connectivity index (χ4n) is 3.70. The van der Waals surface area contributed by atoms with Crippen LogP contribution < -0.4 is 5.32 Å². The van der Waals surface area contributed by atoms with Gasteiger partial charge in [-0.2, -0.15) is 0 Å². The molecule has 2 aromatic rings. The molecule has 1 saturated carbocycles. The molecular formula is C18H20F2N4O2. The Kier molecular flexibility index (Phi) is 4.13. The van der Waals surface area contributed by atoms with E-state index in [1.807, 2.05) is 30.3 Å². The number of halogens is 2. The van der Waals surface area contributed by atoms with E-state index in [1.165, 1.54) is 4.90 Å². The fourth-order valence-corrected chi connectivity index (χ4v) is 3.70. The SMILES string of the molecule is C[C@H](Nc1nnc(-c2ccccc2)o1)C(=O)N1C[C@@H](C(F)F)C2(CC2)C1. The van der Waals surface area contributed by atoms with Crippen molar-refractivity contribution < 1.29 is 18.0 Å². The smallest absolute Gasteiger partial charge is 0.316 e. The Morgan fingerprint density at radius 2 is 2.04 bits per heavy atom. The van der Waals surface area contributed by atoms with Crippen LogP contribution >= 0.6 is 0 Å². The summed E-state index contributed by atoms with van der Waals surface area (Å²) < 4.78 is 32.0. The van der Waals surface area contributed by atoms with Gasteiger partial charge < -0.3 is 14.6 Å². The van der Waals surface area contributed by atoms with Gasteiger partial charge in [-0.05, 0) is 37.3 Å². The predicted octanol–water partition coefficient (Wildman–Crippen LogP) is 3.04. The average Bonchev–Trinajstić information content (AvgIpc) is 3.08. The lowest BCUT2D eigenvalue weighted by Gasteiger charge is -2.21. The lowest BCUT2D eigenvalue weighted by Crippen LogP contribution is -2.40. The quantitative estimate of drug-likeness (QED) is 0.885. The van der Waals surface area contributed by atoms with Crippen molar-refractivity contribution in [2.24, 2.45) is 11.3 Å². The summed E-state index contributed by atoms with van der Waals surface area (Å²) in [5, 5.41) is 10.8. The first-order valence-corrected chi connectivity index (χ1v) is 8.71. The third-order valence-electron chi connectivity index (χ3n) is 5.37. The molecule has 0 bridgehead atoms. The number of benzene rings is 1. The molecule has 1 aromatic heterocycles. The van der Waals surface area contributed by atoms with Crippen molar-refractivity contribution in [2.75, 3.05) is 18.4 Å². The van der Waals surface area contributed by atoms with Crippen LogP contribution in [-0.4, -0.2) is 46.6 Å². The maximum Gasteiger partial charge on any atom is 0.316 e. The Balaban J connectivity index is 1.40. The summed E-state index contributed by atoms with van der Waals surface area (Å²) in [6.45, 7) is 2.19. The highest BCUT2D eigenvalue weighted by Crippen LogP contribution is 2.58. The summed E-state index contributed by atoms with van der Waals surface area (Å²) >= 11 is 0. The number of hydrogen-bond acceptors (Lipinski definition) is 5. The molecule has 26 heavy (non-hydrogen) atoms. The van der Waals surface area contributed by atoms with E-state index in [1.54, 1.807) is 6.92 Å². The van der Waals surface area contributed by atoms with Gasteiger partial charge in [-0.15, -0.1) is 5.10 Å². The number of amides is 1. The number of anilines is 1. The molecule has 0 radical (unpaired) electrons. The number of likely N-dealkylation sites (tertiary alicyclic amines) is 1. The number of carbonyl (C=O) groups is 1. The summed E-state index contributed by atoms with van der Waals surface area (Å²) in [5.41, 5.74) is 0.413. The van der Waals surface area contributed by atoms with E-state index in [4.69, 9.17) is 4.42 Å². The summed E-state index contributed by atoms with van der Waals surface area (Å²) in [7, 11) is 0. The highest BCUT2D eigenvalue weighted by atomic mass is 19.3. The molecule has 8 heteroatoms. The topological polar surface area (TPSA) is 71.3 Å². The molecule has 2 heterocycles. The van der Waals surface area contributed by atoms with E-state index in [-0.39, 0.29) is 23.9 Å². The summed E-state index contributed by atoms with van der Waals surface area (Å²) in [6, 6.07) is 8.79. The number of rotatable bonds is 5. The second-order valence-corrected chi connectivity index (χ2v) is 7.17. The molecule has 1 amide bonds. The zero-order valence-corrected chi connectivity index (χ0v) is 14.4. The Morgan fingerprint density at radius 1 is 1.31 bits per heavy atom. The van der Waals surface area contributed by atoms with E-state index < -0.39 is 18.4 Å². The summed E-state index contributed by atoms with van der Waals surface area (Å²) in [5.74, 6) is -0.589. The molecule has 138 valence electrons. The number of aromatic nitrogens is 2. The van der Waals surface area contributed by atoms with Crippen LogP contribution in [0, 0.1) is 11.3 Å². The fraction of sp³-hybridized carbons (Fsp3) is 0.500. The van der Waals surface area contributed by atoms with Gasteiger partial charge in [0, 0.05) is 24.6 Å². The normalized spacial score (nSPS) is 22.0. The number of carbonyl (C=O) groups excluding carboxylic acids is 1. The third-order valence-corrected chi connectivity index (χ3v) is 5.37. The van der Waals surface area contributed by atoms with Crippen LogP contribution in [-0.2, 0) is 4.79 Å². The number of nitrogens with zero attached hydrogens (tertiary/aromatic N) is 3. The van der Waals surface area contributed by atoms with Crippen LogP contribution in [0.1, 0.15) is 19.8 Å². The van der Waals surface area contributed by atoms with Gasteiger partial charge in [0.2, 0.25) is 18.2 Å². The van der Waals surface area contributed by atoms with Crippen LogP contribution in [0.25, 0.3) is 11.5 Å². The van der Waals surface area contributed by atoms with Crippen LogP contribution in [0.15, 0.2) is 34.7 Å². The first-order valence-electron chi connectivity index (χ1n) is 8.71. The monoisotopic (exact) mass is 362 g/mol. The molecule has 1 N–H and O–H groups in total. The molecule has 1 aliphatic carbocycles. The van der Waals surface area contributed by atoms with Gasteiger partial charge in [-0.25, -0.2) is 8.78 Å². The Bertz CT molecular complexity index is 791. The summed E-state index contributed by atoms with van der Waals surface area (Å²) in [6.07, 6.45) is -0.835. The first-order chi connectivity index (χ1) is 12.5.